The Hall–Kier alpha value is -4.17. The quantitative estimate of drug-likeness (QED) is 0.407. The number of thioether (sulfide) groups is 1. The van der Waals surface area contributed by atoms with Crippen molar-refractivity contribution < 1.29 is 9.59 Å². The summed E-state index contributed by atoms with van der Waals surface area (Å²) in [6.45, 7) is 1.89. The molecule has 8 heteroatoms. The number of amides is 2. The van der Waals surface area contributed by atoms with E-state index in [1.165, 1.54) is 11.8 Å². The second-order valence-electron chi connectivity index (χ2n) is 8.11. The van der Waals surface area contributed by atoms with Gasteiger partial charge in [0.05, 0.1) is 17.1 Å². The largest absolute Gasteiger partial charge is 0.325 e. The molecule has 174 valence electrons. The topological polar surface area (TPSA) is 79.6 Å². The Kier molecular flexibility index (Phi) is 6.20. The van der Waals surface area contributed by atoms with Crippen LogP contribution in [0.5, 0.6) is 0 Å². The molecule has 3 aromatic carbocycles. The Morgan fingerprint density at radius 1 is 1.03 bits per heavy atom. The molecule has 0 saturated heterocycles. The van der Waals surface area contributed by atoms with Gasteiger partial charge in [0, 0.05) is 29.9 Å². The molecule has 35 heavy (non-hydrogen) atoms. The van der Waals surface area contributed by atoms with Gasteiger partial charge in [-0.05, 0) is 36.6 Å². The molecule has 0 spiro atoms. The lowest BCUT2D eigenvalue weighted by molar-refractivity contribution is -0.114. The number of benzene rings is 3. The molecular formula is C27H23N5O2S. The first kappa shape index (κ1) is 22.6. The van der Waals surface area contributed by atoms with Crippen LogP contribution in [0.1, 0.15) is 11.3 Å². The number of anilines is 2. The predicted octanol–water partition coefficient (Wildman–Crippen LogP) is 5.00. The van der Waals surface area contributed by atoms with Crippen LogP contribution in [-0.4, -0.2) is 32.5 Å². The summed E-state index contributed by atoms with van der Waals surface area (Å²) in [7, 11) is 1.83. The summed E-state index contributed by atoms with van der Waals surface area (Å²) in [5.41, 5.74) is 3.40. The summed E-state index contributed by atoms with van der Waals surface area (Å²) < 4.78 is 1.70. The molecule has 5 rings (SSSR count). The molecule has 1 aliphatic rings. The average molecular weight is 482 g/mol. The number of nitrogens with zero attached hydrogens (tertiary/aromatic N) is 4. The third-order valence-electron chi connectivity index (χ3n) is 5.58. The number of para-hydroxylation sites is 1. The minimum atomic E-state index is -0.239. The molecule has 2 heterocycles. The smallest absolute Gasteiger partial charge is 0.283 e. The standard InChI is InChI=1S/C27H23N5O2S/c1-18-20(16-31(2)30-18)15-24-26(34)32(21-11-4-3-5-12-21)27(29-24)35-17-25(33)28-23-14-8-10-19-9-6-7-13-22(19)23/h3-16H,17H2,1-2H3,(H,28,33). The molecule has 0 atom stereocenters. The van der Waals surface area contributed by atoms with Crippen molar-refractivity contribution in [1.29, 1.82) is 0 Å². The first-order valence-corrected chi connectivity index (χ1v) is 12.1. The highest BCUT2D eigenvalue weighted by atomic mass is 32.2. The van der Waals surface area contributed by atoms with Gasteiger partial charge in [-0.2, -0.15) is 5.10 Å². The van der Waals surface area contributed by atoms with E-state index >= 15 is 0 Å². The molecule has 0 aliphatic carbocycles. The van der Waals surface area contributed by atoms with E-state index in [0.29, 0.717) is 16.6 Å². The lowest BCUT2D eigenvalue weighted by atomic mass is 10.1. The van der Waals surface area contributed by atoms with Crippen LogP contribution in [0.15, 0.2) is 89.7 Å². The number of hydrogen-bond donors (Lipinski definition) is 1. The number of hydrogen-bond acceptors (Lipinski definition) is 5. The molecule has 0 bridgehead atoms. The first-order valence-electron chi connectivity index (χ1n) is 11.1. The van der Waals surface area contributed by atoms with Crippen LogP contribution in [0.2, 0.25) is 0 Å². The molecule has 4 aromatic rings. The van der Waals surface area contributed by atoms with Gasteiger partial charge in [0.1, 0.15) is 5.70 Å². The van der Waals surface area contributed by atoms with Crippen molar-refractivity contribution in [2.45, 2.75) is 6.92 Å². The van der Waals surface area contributed by atoms with E-state index in [0.717, 1.165) is 27.7 Å². The van der Waals surface area contributed by atoms with Crippen molar-refractivity contribution in [3.05, 3.63) is 95.9 Å². The number of fused-ring (bicyclic) bond motifs is 1. The fourth-order valence-corrected chi connectivity index (χ4v) is 4.77. The maximum Gasteiger partial charge on any atom is 0.283 e. The summed E-state index contributed by atoms with van der Waals surface area (Å²) >= 11 is 1.23. The third-order valence-corrected chi connectivity index (χ3v) is 6.52. The van der Waals surface area contributed by atoms with Crippen LogP contribution in [-0.2, 0) is 16.6 Å². The predicted molar refractivity (Wildman–Crippen MR) is 142 cm³/mol. The molecular weight excluding hydrogens is 458 g/mol. The SMILES string of the molecule is Cc1nn(C)cc1C=C1N=C(SCC(=O)Nc2cccc3ccccc23)N(c2ccccc2)C1=O. The number of rotatable bonds is 5. The molecule has 7 nitrogen and oxygen atoms in total. The maximum absolute atomic E-state index is 13.3. The molecule has 0 unspecified atom stereocenters. The lowest BCUT2D eigenvalue weighted by Gasteiger charge is -2.17. The molecule has 1 aliphatic heterocycles. The van der Waals surface area contributed by atoms with E-state index < -0.39 is 0 Å². The van der Waals surface area contributed by atoms with E-state index in [-0.39, 0.29) is 17.6 Å². The van der Waals surface area contributed by atoms with E-state index in [9.17, 15) is 9.59 Å². The molecule has 1 N–H and O–H groups in total. The van der Waals surface area contributed by atoms with Gasteiger partial charge < -0.3 is 5.32 Å². The zero-order valence-corrected chi connectivity index (χ0v) is 20.1. The number of aliphatic imine (C=N–C) groups is 1. The van der Waals surface area contributed by atoms with Crippen molar-refractivity contribution in [2.24, 2.45) is 12.0 Å². The number of nitrogens with one attached hydrogen (secondary N) is 1. The Bertz CT molecular complexity index is 1480. The van der Waals surface area contributed by atoms with E-state index in [1.54, 1.807) is 15.7 Å². The number of carbonyl (C=O) groups excluding carboxylic acids is 2. The van der Waals surface area contributed by atoms with Crippen LogP contribution in [0.3, 0.4) is 0 Å². The highest BCUT2D eigenvalue weighted by Crippen LogP contribution is 2.30. The molecule has 0 fully saturated rings. The highest BCUT2D eigenvalue weighted by Gasteiger charge is 2.32. The monoisotopic (exact) mass is 481 g/mol. The van der Waals surface area contributed by atoms with Gasteiger partial charge >= 0.3 is 0 Å². The normalized spacial score (nSPS) is 14.6. The van der Waals surface area contributed by atoms with Gasteiger partial charge in [-0.25, -0.2) is 4.99 Å². The molecule has 0 saturated carbocycles. The molecule has 2 amide bonds. The summed E-state index contributed by atoms with van der Waals surface area (Å²) in [6, 6.07) is 23.0. The van der Waals surface area contributed by atoms with Gasteiger partial charge in [-0.3, -0.25) is 19.2 Å². The van der Waals surface area contributed by atoms with Crippen molar-refractivity contribution in [1.82, 2.24) is 9.78 Å². The molecule has 0 radical (unpaired) electrons. The Labute approximate surface area is 207 Å². The Morgan fingerprint density at radius 2 is 1.77 bits per heavy atom. The number of aryl methyl sites for hydroxylation is 2. The van der Waals surface area contributed by atoms with E-state index in [4.69, 9.17) is 0 Å². The highest BCUT2D eigenvalue weighted by molar-refractivity contribution is 8.14. The van der Waals surface area contributed by atoms with E-state index in [1.807, 2.05) is 93.0 Å². The minimum absolute atomic E-state index is 0.109. The van der Waals surface area contributed by atoms with Crippen LogP contribution in [0.4, 0.5) is 11.4 Å². The van der Waals surface area contributed by atoms with Crippen LogP contribution in [0, 0.1) is 6.92 Å². The van der Waals surface area contributed by atoms with Crippen molar-refractivity contribution in [3.63, 3.8) is 0 Å². The average Bonchev–Trinajstić information content (AvgIpc) is 3.35. The summed E-state index contributed by atoms with van der Waals surface area (Å²) in [6.07, 6.45) is 3.59. The van der Waals surface area contributed by atoms with Gasteiger partial charge in [0.25, 0.3) is 5.91 Å². The zero-order valence-electron chi connectivity index (χ0n) is 19.3. The van der Waals surface area contributed by atoms with E-state index in [2.05, 4.69) is 15.4 Å². The Morgan fingerprint density at radius 3 is 2.54 bits per heavy atom. The fraction of sp³-hybridized carbons (Fsp3) is 0.111. The Balaban J connectivity index is 1.39. The maximum atomic E-state index is 13.3. The first-order chi connectivity index (χ1) is 17.0. The number of carbonyl (C=O) groups is 2. The summed E-state index contributed by atoms with van der Waals surface area (Å²) in [4.78, 5) is 32.3. The van der Waals surface area contributed by atoms with Crippen molar-refractivity contribution in [2.75, 3.05) is 16.0 Å². The van der Waals surface area contributed by atoms with Gasteiger partial charge in [-0.15, -0.1) is 0 Å². The lowest BCUT2D eigenvalue weighted by Crippen LogP contribution is -2.31. The second kappa shape index (κ2) is 9.60. The second-order valence-corrected chi connectivity index (χ2v) is 9.05. The summed E-state index contributed by atoms with van der Waals surface area (Å²) in [5, 5.41) is 9.82. The van der Waals surface area contributed by atoms with Crippen LogP contribution >= 0.6 is 11.8 Å². The van der Waals surface area contributed by atoms with Crippen LogP contribution in [0.25, 0.3) is 16.8 Å². The number of aromatic nitrogens is 2. The fourth-order valence-electron chi connectivity index (χ4n) is 3.96. The number of amidine groups is 1. The third kappa shape index (κ3) is 4.74. The van der Waals surface area contributed by atoms with Gasteiger partial charge in [-0.1, -0.05) is 66.4 Å². The van der Waals surface area contributed by atoms with Gasteiger partial charge in [0.2, 0.25) is 5.91 Å². The van der Waals surface area contributed by atoms with Crippen LogP contribution < -0.4 is 10.2 Å². The van der Waals surface area contributed by atoms with Crippen molar-refractivity contribution >= 4 is 57.0 Å². The van der Waals surface area contributed by atoms with Gasteiger partial charge in [0.15, 0.2) is 5.17 Å². The minimum Gasteiger partial charge on any atom is -0.325 e. The summed E-state index contributed by atoms with van der Waals surface area (Å²) in [5.74, 6) is -0.302. The van der Waals surface area contributed by atoms with Crippen molar-refractivity contribution in [3.8, 4) is 0 Å². The zero-order chi connectivity index (χ0) is 24.4. The molecule has 1 aromatic heterocycles.